The van der Waals surface area contributed by atoms with Gasteiger partial charge in [-0.25, -0.2) is 10.5 Å². The van der Waals surface area contributed by atoms with Crippen LogP contribution in [0, 0.1) is 0 Å². The van der Waals surface area contributed by atoms with E-state index < -0.39 is 33.4 Å². The quantitative estimate of drug-likeness (QED) is 0.0244. The number of halogens is 11. The summed E-state index contributed by atoms with van der Waals surface area (Å²) in [4.78, 5) is 12.7. The minimum atomic E-state index is -1.72. The molecular weight excluding hydrogens is 2280 g/mol. The zero-order valence-corrected chi connectivity index (χ0v) is 72.7. The average Bonchev–Trinajstić information content (AvgIpc) is 3.26. The van der Waals surface area contributed by atoms with Crippen LogP contribution in [0.5, 0.6) is 0 Å². The van der Waals surface area contributed by atoms with Crippen LogP contribution in [-0.4, -0.2) is 82.5 Å². The Bertz CT molecular complexity index is 1320. The predicted molar refractivity (Wildman–Crippen MR) is 396 cm³/mol. The summed E-state index contributed by atoms with van der Waals surface area (Å²) in [5.41, 5.74) is -1.25. The van der Waals surface area contributed by atoms with Gasteiger partial charge in [0.15, 0.2) is 16.6 Å². The molecule has 0 bridgehead atoms. The molecule has 2 atom stereocenters. The van der Waals surface area contributed by atoms with Gasteiger partial charge in [-0.3, -0.25) is 0 Å². The number of rotatable bonds is 16. The third-order valence-electron chi connectivity index (χ3n) is 7.38. The molecule has 0 spiro atoms. The zero-order chi connectivity index (χ0) is 57.8. The summed E-state index contributed by atoms with van der Waals surface area (Å²) in [6, 6.07) is 19.2. The molecule has 26 heteroatoms. The summed E-state index contributed by atoms with van der Waals surface area (Å²) < 4.78 is 24.0. The first-order valence-corrected chi connectivity index (χ1v) is 69.0. The Morgan fingerprint density at radius 3 is 1.21 bits per heavy atom. The maximum atomic E-state index is 11.1. The van der Waals surface area contributed by atoms with E-state index in [9.17, 15) is 15.0 Å². The third kappa shape index (κ3) is 73.0. The fourth-order valence-electron chi connectivity index (χ4n) is 6.40. The van der Waals surface area contributed by atoms with Crippen LogP contribution in [0.1, 0.15) is 106 Å². The van der Waals surface area contributed by atoms with Crippen LogP contribution in [-0.2, 0) is 53.6 Å². The standard InChI is InChI=1S/C17H28O2Si.C16H26O3Si.C6H11BO2.2C2H6.CH2I2.CH3I.CH4.I3.5HI.H2O3.2V/c1-7-13-17(18,15-11-9-8-10-12-15)14-16(2,3)19-20(4,5)6;1-15(2,19-20(3,4)5)13-16(18,11-12-17)14-9-7-6-8-10-14;1-2-4-7-8-5-3-6-9-7;2*1-2;2-1-3;1-2;;1-3-2;;;;;;1-3-2;;/h7-12,18H,1,13-14H2,2-6H3;6-10,12,18H,11,13H2,1-5H3;2H,1,3-6H2;2*1-2H3;1H2;1H3;1H4;;5*1H;1-2H;;/q;;;;;;;;-1;;;;;;;+2;+3/p-5/t17-;16-;;;;;;;;;;;;;;;/m00.............../s1. The van der Waals surface area contributed by atoms with Gasteiger partial charge in [0.25, 0.3) is 0 Å². The third-order valence-corrected chi connectivity index (χ3v) is 9.71. The molecule has 1 aliphatic heterocycles. The maximum absolute atomic E-state index is 11.1. The monoisotopic (exact) mass is 2370 g/mol. The van der Waals surface area contributed by atoms with Crippen LogP contribution < -0.4 is 13.3 Å². The van der Waals surface area contributed by atoms with Crippen LogP contribution in [0.3, 0.4) is 0 Å². The molecule has 0 radical (unpaired) electrons. The van der Waals surface area contributed by atoms with E-state index in [1.54, 1.807) is 6.08 Å². The van der Waals surface area contributed by atoms with Gasteiger partial charge in [-0.05, 0) is 102 Å². The molecule has 0 unspecified atom stereocenters. The van der Waals surface area contributed by atoms with Gasteiger partial charge in [-0.15, -0.1) is 13.2 Å². The number of aldehydes is 1. The van der Waals surface area contributed by atoms with E-state index >= 15 is 0 Å². The summed E-state index contributed by atoms with van der Waals surface area (Å²) in [6.45, 7) is 38.0. The SMILES string of the molecule is C.C=CCB1OCCCO1.C=CC[C@](O)(CC(C)(C)O[Si](C)(C)C)c1ccccc1.CC.CC.CC(C)(C[C@@](O)(CC=O)c1ccccc1)O[Si](C)(C)C.CI.ICI.I[I-]I.OOO.[I][V]([I])[I].[I][V][I]. The number of benzene rings is 2. The molecule has 0 amide bonds. The van der Waals surface area contributed by atoms with Crippen molar-refractivity contribution in [3.63, 3.8) is 0 Å². The molecule has 1 heterocycles. The second kappa shape index (κ2) is 65.5. The summed E-state index contributed by atoms with van der Waals surface area (Å²) in [6.07, 6.45) is 7.75. The molecule has 2 aromatic carbocycles. The van der Waals surface area contributed by atoms with Crippen LogP contribution >= 0.6 is 205 Å². The second-order valence-electron chi connectivity index (χ2n) is 16.5. The fourth-order valence-corrected chi connectivity index (χ4v) is 9.86. The van der Waals surface area contributed by atoms with Crippen molar-refractivity contribution >= 4 is 235 Å². The van der Waals surface area contributed by atoms with Crippen LogP contribution in [0.4, 0.5) is 0 Å². The number of hydrogen-bond donors (Lipinski definition) is 4. The molecule has 0 aromatic heterocycles. The molecule has 10 nitrogen and oxygen atoms in total. The number of carbonyl (C=O) groups excluding carboxylic acids is 1. The van der Waals surface area contributed by atoms with E-state index in [0.717, 1.165) is 43.4 Å². The number of carbonyl (C=O) groups is 1. The van der Waals surface area contributed by atoms with Crippen molar-refractivity contribution < 1.29 is 76.4 Å². The Balaban J connectivity index is -0.000000100. The zero-order valence-electron chi connectivity index (χ0n) is 44.2. The van der Waals surface area contributed by atoms with Gasteiger partial charge in [0.1, 0.15) is 6.29 Å². The molecule has 1 saturated heterocycles. The van der Waals surface area contributed by atoms with Crippen molar-refractivity contribution in [2.24, 2.45) is 0 Å². The van der Waals surface area contributed by atoms with Crippen LogP contribution in [0.2, 0.25) is 45.6 Å². The average molecular weight is 2370 g/mol. The number of aliphatic hydroxyl groups is 2. The minimum absolute atomic E-state index is 0. The van der Waals surface area contributed by atoms with E-state index in [1.165, 1.54) is 2.43 Å². The molecule has 1 aliphatic rings. The number of hydrogen-bond acceptors (Lipinski definition) is 10. The van der Waals surface area contributed by atoms with Gasteiger partial charge in [-0.1, -0.05) is 181 Å². The molecule has 4 N–H and O–H groups in total. The van der Waals surface area contributed by atoms with Gasteiger partial charge in [-0.2, -0.15) is 0 Å². The van der Waals surface area contributed by atoms with Gasteiger partial charge in [0.2, 0.25) is 0 Å². The van der Waals surface area contributed by atoms with Crippen LogP contribution in [0.15, 0.2) is 86.0 Å². The molecule has 1 fully saturated rings. The Morgan fingerprint density at radius 2 is 0.986 bits per heavy atom. The first-order valence-electron chi connectivity index (χ1n) is 21.8. The van der Waals surface area contributed by atoms with E-state index in [-0.39, 0.29) is 31.5 Å². The van der Waals surface area contributed by atoms with Gasteiger partial charge < -0.3 is 33.2 Å². The van der Waals surface area contributed by atoms with Gasteiger partial charge in [0.05, 0.1) is 24.8 Å². The molecular formula is C46H88BI11O10Si2V2-. The Hall–Kier alpha value is 6.93. The summed E-state index contributed by atoms with van der Waals surface area (Å²) in [5.74, 6) is 0. The van der Waals surface area contributed by atoms with E-state index in [4.69, 9.17) is 28.7 Å². The Morgan fingerprint density at radius 1 is 0.722 bits per heavy atom. The Labute approximate surface area is 580 Å². The van der Waals surface area contributed by atoms with Crippen molar-refractivity contribution in [3.05, 3.63) is 97.1 Å². The molecule has 0 saturated carbocycles. The van der Waals surface area contributed by atoms with Gasteiger partial charge >= 0.3 is 172 Å². The number of allylic oxidation sites excluding steroid dienone is 1. The van der Waals surface area contributed by atoms with Crippen molar-refractivity contribution in [1.29, 1.82) is 0 Å². The second-order valence-corrected chi connectivity index (χ2v) is 93.2. The van der Waals surface area contributed by atoms with Crippen molar-refractivity contribution in [2.75, 3.05) is 20.6 Å². The van der Waals surface area contributed by atoms with Crippen molar-refractivity contribution in [1.82, 2.24) is 0 Å². The number of alkyl halides is 3. The fraction of sp³-hybridized carbons (Fsp3) is 0.630. The van der Waals surface area contributed by atoms with E-state index in [1.807, 2.05) is 113 Å². The predicted octanol–water partition coefficient (Wildman–Crippen LogP) is 17.8. The first-order chi connectivity index (χ1) is 33.0. The summed E-state index contributed by atoms with van der Waals surface area (Å²) in [7, 11) is -2.76. The Kier molecular flexibility index (Phi) is 89.1. The molecule has 2 aromatic rings. The van der Waals surface area contributed by atoms with E-state index in [0.29, 0.717) is 42.0 Å². The first kappa shape index (κ1) is 98.0. The van der Waals surface area contributed by atoms with Crippen molar-refractivity contribution in [2.45, 2.75) is 163 Å². The molecule has 3 rings (SSSR count). The van der Waals surface area contributed by atoms with Crippen LogP contribution in [0.25, 0.3) is 0 Å². The summed E-state index contributed by atoms with van der Waals surface area (Å²) in [5, 5.41) is 37.5. The molecule has 431 valence electrons. The van der Waals surface area contributed by atoms with E-state index in [2.05, 4.69) is 276 Å². The topological polar surface area (TPSA) is 144 Å². The molecule has 0 aliphatic carbocycles. The van der Waals surface area contributed by atoms with Crippen molar-refractivity contribution in [3.8, 4) is 0 Å². The molecule has 72 heavy (non-hydrogen) atoms. The van der Waals surface area contributed by atoms with Gasteiger partial charge in [0, 0.05) is 32.5 Å². The summed E-state index contributed by atoms with van der Waals surface area (Å²) >= 11 is 24.1. The normalized spacial score (nSPS) is 12.9.